The predicted octanol–water partition coefficient (Wildman–Crippen LogP) is 4.20. The number of thiophene rings is 1. The fraction of sp³-hybridized carbons (Fsp3) is 0.312. The van der Waals surface area contributed by atoms with Crippen molar-refractivity contribution in [2.75, 3.05) is 7.11 Å². The van der Waals surface area contributed by atoms with Gasteiger partial charge in [0.25, 0.3) is 0 Å². The Kier molecular flexibility index (Phi) is 5.56. The molecule has 0 amide bonds. The minimum absolute atomic E-state index is 0.320. The molecule has 3 nitrogen and oxygen atoms in total. The highest BCUT2D eigenvalue weighted by Gasteiger charge is 2.08. The number of rotatable bonds is 5. The number of methoxy groups -OCH3 is 1. The Balaban J connectivity index is 1.95. The van der Waals surface area contributed by atoms with Gasteiger partial charge < -0.3 is 10.1 Å². The van der Waals surface area contributed by atoms with Crippen molar-refractivity contribution in [2.24, 2.45) is 0 Å². The molecule has 0 radical (unpaired) electrons. The van der Waals surface area contributed by atoms with E-state index in [1.807, 2.05) is 17.4 Å². The van der Waals surface area contributed by atoms with Crippen molar-refractivity contribution >= 4 is 33.2 Å². The van der Waals surface area contributed by atoms with Gasteiger partial charge in [0.05, 0.1) is 12.7 Å². The van der Waals surface area contributed by atoms with Crippen LogP contribution in [-0.2, 0) is 17.8 Å². The van der Waals surface area contributed by atoms with Gasteiger partial charge in [-0.2, -0.15) is 0 Å². The number of halogens is 1. The van der Waals surface area contributed by atoms with Crippen molar-refractivity contribution in [2.45, 2.75) is 26.9 Å². The molecule has 0 unspecified atom stereocenters. The molecule has 1 aromatic carbocycles. The molecule has 21 heavy (non-hydrogen) atoms. The zero-order valence-corrected chi connectivity index (χ0v) is 14.7. The monoisotopic (exact) mass is 367 g/mol. The molecule has 0 aliphatic carbocycles. The van der Waals surface area contributed by atoms with E-state index in [2.05, 4.69) is 41.2 Å². The number of ether oxygens (including phenoxy) is 1. The lowest BCUT2D eigenvalue weighted by molar-refractivity contribution is 0.0600. The van der Waals surface area contributed by atoms with E-state index >= 15 is 0 Å². The molecular weight excluding hydrogens is 350 g/mol. The molecular formula is C16H18BrNO2S. The lowest BCUT2D eigenvalue weighted by Gasteiger charge is -2.07. The summed E-state index contributed by atoms with van der Waals surface area (Å²) in [6.45, 7) is 5.88. The van der Waals surface area contributed by atoms with Gasteiger partial charge in [-0.15, -0.1) is 11.3 Å². The summed E-state index contributed by atoms with van der Waals surface area (Å²) in [6.07, 6.45) is 0. The largest absolute Gasteiger partial charge is 0.465 e. The topological polar surface area (TPSA) is 38.3 Å². The summed E-state index contributed by atoms with van der Waals surface area (Å²) < 4.78 is 5.62. The summed E-state index contributed by atoms with van der Waals surface area (Å²) in [7, 11) is 1.39. The summed E-state index contributed by atoms with van der Waals surface area (Å²) in [5, 5.41) is 3.43. The zero-order chi connectivity index (χ0) is 15.4. The Labute approximate surface area is 137 Å². The quantitative estimate of drug-likeness (QED) is 0.804. The fourth-order valence-corrected chi connectivity index (χ4v) is 3.53. The van der Waals surface area contributed by atoms with Crippen LogP contribution < -0.4 is 5.32 Å². The van der Waals surface area contributed by atoms with Crippen molar-refractivity contribution in [3.8, 4) is 0 Å². The number of aryl methyl sites for hydroxylation is 2. The first-order valence-electron chi connectivity index (χ1n) is 6.64. The second kappa shape index (κ2) is 7.20. The van der Waals surface area contributed by atoms with Crippen LogP contribution in [0.15, 0.2) is 28.7 Å². The number of hydrogen-bond donors (Lipinski definition) is 1. The van der Waals surface area contributed by atoms with E-state index in [-0.39, 0.29) is 5.97 Å². The molecule has 0 fully saturated rings. The molecule has 112 valence electrons. The van der Waals surface area contributed by atoms with Crippen molar-refractivity contribution in [3.05, 3.63) is 55.2 Å². The van der Waals surface area contributed by atoms with Crippen molar-refractivity contribution in [1.82, 2.24) is 5.32 Å². The van der Waals surface area contributed by atoms with E-state index in [0.717, 1.165) is 23.1 Å². The van der Waals surface area contributed by atoms with E-state index in [0.29, 0.717) is 5.56 Å². The van der Waals surface area contributed by atoms with Gasteiger partial charge in [-0.1, -0.05) is 22.0 Å². The first-order valence-corrected chi connectivity index (χ1v) is 8.25. The van der Waals surface area contributed by atoms with Gasteiger partial charge in [0.2, 0.25) is 0 Å². The third-order valence-corrected chi connectivity index (χ3v) is 5.20. The maximum absolute atomic E-state index is 11.5. The molecule has 0 aliphatic heterocycles. The number of carbonyl (C=O) groups excluding carboxylic acids is 1. The van der Waals surface area contributed by atoms with E-state index in [1.165, 1.54) is 22.4 Å². The highest BCUT2D eigenvalue weighted by atomic mass is 79.9. The van der Waals surface area contributed by atoms with Crippen molar-refractivity contribution in [3.63, 3.8) is 0 Å². The van der Waals surface area contributed by atoms with Gasteiger partial charge in [-0.3, -0.25) is 0 Å². The molecule has 1 heterocycles. The average molecular weight is 368 g/mol. The third kappa shape index (κ3) is 4.15. The minimum atomic E-state index is -0.320. The zero-order valence-electron chi connectivity index (χ0n) is 12.3. The average Bonchev–Trinajstić information content (AvgIpc) is 2.78. The molecule has 2 rings (SSSR count). The van der Waals surface area contributed by atoms with Gasteiger partial charge in [-0.05, 0) is 43.2 Å². The Morgan fingerprint density at radius 2 is 2.05 bits per heavy atom. The lowest BCUT2D eigenvalue weighted by Crippen LogP contribution is -2.12. The first-order chi connectivity index (χ1) is 10.0. The first kappa shape index (κ1) is 16.2. The van der Waals surface area contributed by atoms with E-state index in [4.69, 9.17) is 4.74 Å². The van der Waals surface area contributed by atoms with Crippen LogP contribution in [0, 0.1) is 13.8 Å². The maximum atomic E-state index is 11.5. The van der Waals surface area contributed by atoms with E-state index in [1.54, 1.807) is 12.1 Å². The minimum Gasteiger partial charge on any atom is -0.465 e. The molecule has 1 N–H and O–H groups in total. The SMILES string of the molecule is COC(=O)c1ccc(CNCc2cc(C)c(C)s2)c(Br)c1. The third-order valence-electron chi connectivity index (χ3n) is 3.31. The second-order valence-electron chi connectivity index (χ2n) is 4.85. The van der Waals surface area contributed by atoms with Crippen molar-refractivity contribution < 1.29 is 9.53 Å². The van der Waals surface area contributed by atoms with Gasteiger partial charge in [0.1, 0.15) is 0 Å². The van der Waals surface area contributed by atoms with Crippen LogP contribution in [-0.4, -0.2) is 13.1 Å². The molecule has 2 aromatic rings. The van der Waals surface area contributed by atoms with Crippen LogP contribution in [0.5, 0.6) is 0 Å². The number of esters is 1. The van der Waals surface area contributed by atoms with Gasteiger partial charge >= 0.3 is 5.97 Å². The van der Waals surface area contributed by atoms with Gasteiger partial charge in [0.15, 0.2) is 0 Å². The standard InChI is InChI=1S/C16H18BrNO2S/c1-10-6-14(21-11(10)2)9-18-8-13-5-4-12(7-15(13)17)16(19)20-3/h4-7,18H,8-9H2,1-3H3. The Hall–Kier alpha value is -1.17. The Bertz CT molecular complexity index is 632. The van der Waals surface area contributed by atoms with Crippen LogP contribution in [0.2, 0.25) is 0 Å². The van der Waals surface area contributed by atoms with Crippen LogP contribution >= 0.6 is 27.3 Å². The summed E-state index contributed by atoms with van der Waals surface area (Å²) in [5.74, 6) is -0.320. The molecule has 0 aliphatic rings. The van der Waals surface area contributed by atoms with Crippen molar-refractivity contribution in [1.29, 1.82) is 0 Å². The van der Waals surface area contributed by atoms with Gasteiger partial charge in [-0.25, -0.2) is 4.79 Å². The van der Waals surface area contributed by atoms with E-state index < -0.39 is 0 Å². The highest BCUT2D eigenvalue weighted by Crippen LogP contribution is 2.22. The molecule has 0 atom stereocenters. The molecule has 5 heteroatoms. The molecule has 1 aromatic heterocycles. The Morgan fingerprint density at radius 3 is 2.62 bits per heavy atom. The molecule has 0 bridgehead atoms. The smallest absolute Gasteiger partial charge is 0.337 e. The maximum Gasteiger partial charge on any atom is 0.337 e. The van der Waals surface area contributed by atoms with Crippen LogP contribution in [0.1, 0.15) is 31.2 Å². The van der Waals surface area contributed by atoms with E-state index in [9.17, 15) is 4.79 Å². The number of benzene rings is 1. The van der Waals surface area contributed by atoms with Crippen LogP contribution in [0.25, 0.3) is 0 Å². The number of hydrogen-bond acceptors (Lipinski definition) is 4. The summed E-state index contributed by atoms with van der Waals surface area (Å²) in [6, 6.07) is 7.74. The second-order valence-corrected chi connectivity index (χ2v) is 7.05. The summed E-state index contributed by atoms with van der Waals surface area (Å²) >= 11 is 5.33. The summed E-state index contributed by atoms with van der Waals surface area (Å²) in [5.41, 5.74) is 3.02. The molecule has 0 saturated carbocycles. The predicted molar refractivity (Wildman–Crippen MR) is 89.8 cm³/mol. The van der Waals surface area contributed by atoms with Crippen LogP contribution in [0.4, 0.5) is 0 Å². The van der Waals surface area contributed by atoms with Crippen LogP contribution in [0.3, 0.4) is 0 Å². The molecule has 0 spiro atoms. The summed E-state index contributed by atoms with van der Waals surface area (Å²) in [4.78, 5) is 14.2. The number of nitrogens with one attached hydrogen (secondary N) is 1. The lowest BCUT2D eigenvalue weighted by atomic mass is 10.1. The Morgan fingerprint density at radius 1 is 1.29 bits per heavy atom. The normalized spacial score (nSPS) is 10.7. The molecule has 0 saturated heterocycles. The number of carbonyl (C=O) groups is 1. The fourth-order valence-electron chi connectivity index (χ4n) is 1.99. The highest BCUT2D eigenvalue weighted by molar-refractivity contribution is 9.10. The van der Waals surface area contributed by atoms with Gasteiger partial charge in [0, 0.05) is 27.3 Å².